The number of hydrogen-bond donors (Lipinski definition) is 1. The fourth-order valence-corrected chi connectivity index (χ4v) is 3.85. The lowest BCUT2D eigenvalue weighted by atomic mass is 10.0. The molecule has 1 N–H and O–H groups in total. The van der Waals surface area contributed by atoms with Gasteiger partial charge in [0.15, 0.2) is 0 Å². The fraction of sp³-hybridized carbons (Fsp3) is 0.100. The zero-order valence-corrected chi connectivity index (χ0v) is 15.4. The van der Waals surface area contributed by atoms with Crippen LogP contribution in [0, 0.1) is 10.1 Å². The lowest BCUT2D eigenvalue weighted by Crippen LogP contribution is -1.96. The molecule has 0 aliphatic heterocycles. The van der Waals surface area contributed by atoms with Crippen LogP contribution >= 0.6 is 11.3 Å². The Hall–Kier alpha value is -3.32. The Morgan fingerprint density at radius 3 is 2.70 bits per heavy atom. The van der Waals surface area contributed by atoms with Gasteiger partial charge in [0.1, 0.15) is 17.0 Å². The van der Waals surface area contributed by atoms with E-state index in [1.54, 1.807) is 23.5 Å². The summed E-state index contributed by atoms with van der Waals surface area (Å²) in [5.41, 5.74) is 4.07. The van der Waals surface area contributed by atoms with E-state index in [0.717, 1.165) is 27.8 Å². The van der Waals surface area contributed by atoms with E-state index in [4.69, 9.17) is 0 Å². The van der Waals surface area contributed by atoms with Gasteiger partial charge in [0.2, 0.25) is 0 Å². The lowest BCUT2D eigenvalue weighted by molar-refractivity contribution is -0.384. The number of nitrogens with one attached hydrogen (secondary N) is 1. The van der Waals surface area contributed by atoms with E-state index >= 15 is 0 Å². The summed E-state index contributed by atoms with van der Waals surface area (Å²) in [5.74, 6) is 0.635. The number of non-ortho nitro benzene ring substituents is 1. The van der Waals surface area contributed by atoms with Gasteiger partial charge < -0.3 is 5.32 Å². The van der Waals surface area contributed by atoms with Gasteiger partial charge >= 0.3 is 0 Å². The third-order valence-corrected chi connectivity index (χ3v) is 5.25. The number of fused-ring (bicyclic) bond motifs is 1. The first kappa shape index (κ1) is 17.1. The highest BCUT2D eigenvalue weighted by molar-refractivity contribution is 7.17. The minimum atomic E-state index is -0.411. The summed E-state index contributed by atoms with van der Waals surface area (Å²) in [4.78, 5) is 20.2. The molecule has 4 rings (SSSR count). The summed E-state index contributed by atoms with van der Waals surface area (Å²) >= 11 is 1.55. The minimum absolute atomic E-state index is 0.0333. The number of benzene rings is 2. The van der Waals surface area contributed by atoms with Gasteiger partial charge in [0, 0.05) is 28.8 Å². The van der Waals surface area contributed by atoms with E-state index in [1.807, 2.05) is 0 Å². The second kappa shape index (κ2) is 7.13. The molecule has 0 saturated carbocycles. The van der Waals surface area contributed by atoms with Gasteiger partial charge in [-0.3, -0.25) is 10.1 Å². The third kappa shape index (κ3) is 3.37. The number of anilines is 2. The van der Waals surface area contributed by atoms with Crippen molar-refractivity contribution in [2.45, 2.75) is 13.3 Å². The highest BCUT2D eigenvalue weighted by Crippen LogP contribution is 2.37. The first-order chi connectivity index (χ1) is 13.2. The predicted octanol–water partition coefficient (Wildman–Crippen LogP) is 5.57. The van der Waals surface area contributed by atoms with E-state index < -0.39 is 4.92 Å². The smallest absolute Gasteiger partial charge is 0.271 e. The van der Waals surface area contributed by atoms with Crippen molar-refractivity contribution in [1.82, 2.24) is 9.97 Å². The number of aromatic nitrogens is 2. The SMILES string of the molecule is CCc1ccc(-c2csc3ncnc(Nc4cccc([N+](=O)[O-])c4)c23)cc1. The predicted molar refractivity (Wildman–Crippen MR) is 109 cm³/mol. The van der Waals surface area contributed by atoms with Crippen LogP contribution in [-0.2, 0) is 6.42 Å². The lowest BCUT2D eigenvalue weighted by Gasteiger charge is -2.09. The maximum Gasteiger partial charge on any atom is 0.271 e. The van der Waals surface area contributed by atoms with Crippen molar-refractivity contribution in [3.05, 3.63) is 75.9 Å². The molecule has 7 heteroatoms. The number of hydrogen-bond acceptors (Lipinski definition) is 6. The number of aryl methyl sites for hydroxylation is 1. The highest BCUT2D eigenvalue weighted by Gasteiger charge is 2.14. The monoisotopic (exact) mass is 376 g/mol. The Balaban J connectivity index is 1.78. The molecule has 2 heterocycles. The Labute approximate surface area is 159 Å². The summed E-state index contributed by atoms with van der Waals surface area (Å²) in [6, 6.07) is 14.8. The number of rotatable bonds is 5. The van der Waals surface area contributed by atoms with Crippen molar-refractivity contribution >= 4 is 38.7 Å². The molecule has 0 amide bonds. The molecule has 0 spiro atoms. The molecule has 0 radical (unpaired) electrons. The van der Waals surface area contributed by atoms with E-state index in [0.29, 0.717) is 11.5 Å². The average Bonchev–Trinajstić information content (AvgIpc) is 3.13. The molecule has 134 valence electrons. The van der Waals surface area contributed by atoms with Crippen molar-refractivity contribution in [2.24, 2.45) is 0 Å². The minimum Gasteiger partial charge on any atom is -0.339 e. The quantitative estimate of drug-likeness (QED) is 0.364. The molecule has 0 fully saturated rings. The number of nitrogens with zero attached hydrogens (tertiary/aromatic N) is 3. The second-order valence-electron chi connectivity index (χ2n) is 6.03. The summed E-state index contributed by atoms with van der Waals surface area (Å²) in [6.45, 7) is 2.13. The van der Waals surface area contributed by atoms with Gasteiger partial charge in [0.25, 0.3) is 5.69 Å². The average molecular weight is 376 g/mol. The number of thiophene rings is 1. The Kier molecular flexibility index (Phi) is 4.52. The van der Waals surface area contributed by atoms with Gasteiger partial charge in [-0.15, -0.1) is 11.3 Å². The topological polar surface area (TPSA) is 81.0 Å². The maximum absolute atomic E-state index is 11.0. The van der Waals surface area contributed by atoms with Crippen LogP contribution in [-0.4, -0.2) is 14.9 Å². The van der Waals surface area contributed by atoms with Crippen LogP contribution in [0.3, 0.4) is 0 Å². The van der Waals surface area contributed by atoms with Crippen LogP contribution in [0.1, 0.15) is 12.5 Å². The summed E-state index contributed by atoms with van der Waals surface area (Å²) < 4.78 is 0. The molecular weight excluding hydrogens is 360 g/mol. The molecule has 2 aromatic carbocycles. The maximum atomic E-state index is 11.0. The molecular formula is C20H16N4O2S. The molecule has 0 unspecified atom stereocenters. The summed E-state index contributed by atoms with van der Waals surface area (Å²) in [5, 5.41) is 17.2. The fourth-order valence-electron chi connectivity index (χ4n) is 2.94. The molecule has 0 aliphatic rings. The van der Waals surface area contributed by atoms with Gasteiger partial charge in [-0.1, -0.05) is 37.3 Å². The van der Waals surface area contributed by atoms with Crippen molar-refractivity contribution < 1.29 is 4.92 Å². The molecule has 0 saturated heterocycles. The Morgan fingerprint density at radius 1 is 1.15 bits per heavy atom. The van der Waals surface area contributed by atoms with Crippen LogP contribution in [0.15, 0.2) is 60.2 Å². The molecule has 27 heavy (non-hydrogen) atoms. The summed E-state index contributed by atoms with van der Waals surface area (Å²) in [7, 11) is 0. The Morgan fingerprint density at radius 2 is 1.96 bits per heavy atom. The Bertz CT molecular complexity index is 1120. The largest absolute Gasteiger partial charge is 0.339 e. The van der Waals surface area contributed by atoms with Gasteiger partial charge in [-0.25, -0.2) is 9.97 Å². The van der Waals surface area contributed by atoms with Crippen LogP contribution in [0.5, 0.6) is 0 Å². The van der Waals surface area contributed by atoms with Crippen molar-refractivity contribution in [1.29, 1.82) is 0 Å². The third-order valence-electron chi connectivity index (χ3n) is 4.36. The zero-order valence-electron chi connectivity index (χ0n) is 14.5. The van der Waals surface area contributed by atoms with E-state index in [9.17, 15) is 10.1 Å². The van der Waals surface area contributed by atoms with E-state index in [2.05, 4.69) is 51.9 Å². The van der Waals surface area contributed by atoms with Crippen molar-refractivity contribution in [3.8, 4) is 11.1 Å². The van der Waals surface area contributed by atoms with Crippen LogP contribution in [0.25, 0.3) is 21.3 Å². The van der Waals surface area contributed by atoms with E-state index in [-0.39, 0.29) is 5.69 Å². The summed E-state index contributed by atoms with van der Waals surface area (Å²) in [6.07, 6.45) is 2.50. The first-order valence-electron chi connectivity index (χ1n) is 8.48. The number of nitro groups is 1. The van der Waals surface area contributed by atoms with Gasteiger partial charge in [0.05, 0.1) is 10.3 Å². The van der Waals surface area contributed by atoms with Crippen molar-refractivity contribution in [3.63, 3.8) is 0 Å². The van der Waals surface area contributed by atoms with Gasteiger partial charge in [-0.2, -0.15) is 0 Å². The van der Waals surface area contributed by atoms with Gasteiger partial charge in [-0.05, 0) is 23.6 Å². The zero-order chi connectivity index (χ0) is 18.8. The highest BCUT2D eigenvalue weighted by atomic mass is 32.1. The van der Waals surface area contributed by atoms with Crippen LogP contribution in [0.4, 0.5) is 17.2 Å². The molecule has 6 nitrogen and oxygen atoms in total. The standard InChI is InChI=1S/C20H16N4O2S/c1-2-13-6-8-14(9-7-13)17-11-27-20-18(17)19(21-12-22-20)23-15-4-3-5-16(10-15)24(25)26/h3-12H,2H2,1H3,(H,21,22,23). The molecule has 2 aromatic heterocycles. The first-order valence-corrected chi connectivity index (χ1v) is 9.36. The second-order valence-corrected chi connectivity index (χ2v) is 6.89. The van der Waals surface area contributed by atoms with Crippen LogP contribution in [0.2, 0.25) is 0 Å². The van der Waals surface area contributed by atoms with Crippen LogP contribution < -0.4 is 5.32 Å². The molecule has 4 aromatic rings. The van der Waals surface area contributed by atoms with Crippen molar-refractivity contribution in [2.75, 3.05) is 5.32 Å². The van der Waals surface area contributed by atoms with E-state index in [1.165, 1.54) is 24.0 Å². The molecule has 0 atom stereocenters. The normalized spacial score (nSPS) is 10.9. The molecule has 0 aliphatic carbocycles. The molecule has 0 bridgehead atoms. The number of nitro benzene ring substituents is 1.